The molecule has 0 aromatic heterocycles. The fourth-order valence-electron chi connectivity index (χ4n) is 1.20. The van der Waals surface area contributed by atoms with Gasteiger partial charge in [0.2, 0.25) is 0 Å². The maximum absolute atomic E-state index is 13.4. The third-order valence-corrected chi connectivity index (χ3v) is 2.23. The summed E-state index contributed by atoms with van der Waals surface area (Å²) >= 11 is 0. The van der Waals surface area contributed by atoms with Crippen LogP contribution in [0, 0.1) is 17.6 Å². The van der Waals surface area contributed by atoms with Gasteiger partial charge in [0.15, 0.2) is 5.82 Å². The van der Waals surface area contributed by atoms with Crippen LogP contribution in [0.15, 0.2) is 12.1 Å². The number of nitrogen functional groups attached to an aromatic ring is 1. The molecular weight excluding hydrogens is 230 g/mol. The molecule has 1 atom stereocenters. The van der Waals surface area contributed by atoms with Gasteiger partial charge in [0.25, 0.3) is 5.91 Å². The van der Waals surface area contributed by atoms with Crippen LogP contribution in [0.3, 0.4) is 0 Å². The van der Waals surface area contributed by atoms with Crippen LogP contribution in [0.4, 0.5) is 14.5 Å². The van der Waals surface area contributed by atoms with Crippen molar-refractivity contribution in [2.45, 2.75) is 6.92 Å². The Bertz CT molecular complexity index is 424. The molecule has 0 saturated heterocycles. The fourth-order valence-corrected chi connectivity index (χ4v) is 1.20. The summed E-state index contributed by atoms with van der Waals surface area (Å²) in [6.07, 6.45) is 0. The lowest BCUT2D eigenvalue weighted by Crippen LogP contribution is -2.30. The van der Waals surface area contributed by atoms with Crippen molar-refractivity contribution in [3.05, 3.63) is 29.3 Å². The van der Waals surface area contributed by atoms with Crippen LogP contribution >= 0.6 is 0 Å². The molecule has 0 saturated carbocycles. The molecule has 0 aliphatic heterocycles. The minimum atomic E-state index is -0.944. The summed E-state index contributed by atoms with van der Waals surface area (Å²) in [5.74, 6) is -2.63. The zero-order valence-corrected chi connectivity index (χ0v) is 9.34. The second-order valence-electron chi connectivity index (χ2n) is 3.85. The quantitative estimate of drug-likeness (QED) is 0.689. The molecule has 0 aliphatic carbocycles. The molecule has 0 radical (unpaired) electrons. The number of nitrogens with one attached hydrogen (secondary N) is 1. The molecule has 0 bridgehead atoms. The zero-order valence-electron chi connectivity index (χ0n) is 9.34. The Morgan fingerprint density at radius 1 is 1.53 bits per heavy atom. The highest BCUT2D eigenvalue weighted by molar-refractivity contribution is 5.95. The van der Waals surface area contributed by atoms with Gasteiger partial charge in [-0.2, -0.15) is 0 Å². The first-order chi connectivity index (χ1) is 7.95. The molecule has 4 nitrogen and oxygen atoms in total. The zero-order chi connectivity index (χ0) is 13.0. The normalized spacial score (nSPS) is 12.2. The summed E-state index contributed by atoms with van der Waals surface area (Å²) in [6.45, 7) is 1.77. The van der Waals surface area contributed by atoms with Crippen LogP contribution in [0.1, 0.15) is 17.3 Å². The van der Waals surface area contributed by atoms with Crippen molar-refractivity contribution >= 4 is 11.6 Å². The number of carbonyl (C=O) groups excluding carboxylic acids is 1. The summed E-state index contributed by atoms with van der Waals surface area (Å²) in [4.78, 5) is 11.5. The smallest absolute Gasteiger partial charge is 0.254 e. The Hall–Kier alpha value is -1.69. The Morgan fingerprint density at radius 3 is 2.76 bits per heavy atom. The Balaban J connectivity index is 2.82. The number of halogens is 2. The van der Waals surface area contributed by atoms with E-state index in [-0.39, 0.29) is 19.1 Å². The van der Waals surface area contributed by atoms with Crippen molar-refractivity contribution in [2.75, 3.05) is 18.9 Å². The fraction of sp³-hybridized carbons (Fsp3) is 0.364. The molecule has 0 spiro atoms. The molecule has 1 amide bonds. The third kappa shape index (κ3) is 3.39. The second-order valence-corrected chi connectivity index (χ2v) is 3.85. The van der Waals surface area contributed by atoms with Crippen molar-refractivity contribution in [3.63, 3.8) is 0 Å². The highest BCUT2D eigenvalue weighted by Gasteiger charge is 2.16. The monoisotopic (exact) mass is 244 g/mol. The van der Waals surface area contributed by atoms with Gasteiger partial charge in [0, 0.05) is 13.2 Å². The van der Waals surface area contributed by atoms with E-state index in [0.717, 1.165) is 12.1 Å². The lowest BCUT2D eigenvalue weighted by molar-refractivity contribution is 0.0938. The van der Waals surface area contributed by atoms with Crippen molar-refractivity contribution in [1.29, 1.82) is 0 Å². The molecule has 0 aliphatic rings. The lowest BCUT2D eigenvalue weighted by Gasteiger charge is -2.10. The predicted octanol–water partition coefficient (Wildman–Crippen LogP) is 0.905. The van der Waals surface area contributed by atoms with Gasteiger partial charge in [-0.15, -0.1) is 0 Å². The minimum absolute atomic E-state index is 0.103. The number of aliphatic hydroxyl groups excluding tert-OH is 1. The molecular formula is C11H14F2N2O2. The topological polar surface area (TPSA) is 75.3 Å². The van der Waals surface area contributed by atoms with E-state index in [2.05, 4.69) is 5.32 Å². The summed E-state index contributed by atoms with van der Waals surface area (Å²) in [5, 5.41) is 11.1. The van der Waals surface area contributed by atoms with E-state index in [9.17, 15) is 13.6 Å². The van der Waals surface area contributed by atoms with E-state index < -0.39 is 28.8 Å². The first-order valence-corrected chi connectivity index (χ1v) is 5.09. The highest BCUT2D eigenvalue weighted by Crippen LogP contribution is 2.17. The first-order valence-electron chi connectivity index (χ1n) is 5.09. The largest absolute Gasteiger partial charge is 0.396 e. The van der Waals surface area contributed by atoms with Gasteiger partial charge < -0.3 is 16.2 Å². The highest BCUT2D eigenvalue weighted by atomic mass is 19.1. The number of nitrogens with two attached hydrogens (primary N) is 1. The second kappa shape index (κ2) is 5.58. The van der Waals surface area contributed by atoms with E-state index >= 15 is 0 Å². The standard InChI is InChI=1S/C11H14F2N2O2/c1-6(5-16)4-15-11(17)8-2-7(12)3-9(14)10(8)13/h2-3,6,16H,4-5,14H2,1H3,(H,15,17). The molecule has 1 rings (SSSR count). The number of rotatable bonds is 4. The number of benzene rings is 1. The van der Waals surface area contributed by atoms with Gasteiger partial charge in [-0.1, -0.05) is 6.92 Å². The molecule has 1 aromatic carbocycles. The number of carbonyl (C=O) groups is 1. The summed E-state index contributed by atoms with van der Waals surface area (Å²) < 4.78 is 26.4. The van der Waals surface area contributed by atoms with Gasteiger partial charge in [0.05, 0.1) is 11.3 Å². The van der Waals surface area contributed by atoms with Crippen LogP contribution in [0.5, 0.6) is 0 Å². The number of aliphatic hydroxyl groups is 1. The first kappa shape index (κ1) is 13.4. The van der Waals surface area contributed by atoms with Gasteiger partial charge in [-0.25, -0.2) is 8.78 Å². The number of hydrogen-bond donors (Lipinski definition) is 3. The van der Waals surface area contributed by atoms with Gasteiger partial charge in [-0.05, 0) is 18.1 Å². The Labute approximate surface area is 97.4 Å². The molecule has 1 aromatic rings. The summed E-state index contributed by atoms with van der Waals surface area (Å²) in [7, 11) is 0. The maximum atomic E-state index is 13.4. The third-order valence-electron chi connectivity index (χ3n) is 2.23. The Kier molecular flexibility index (Phi) is 4.39. The van der Waals surface area contributed by atoms with E-state index in [1.807, 2.05) is 0 Å². The van der Waals surface area contributed by atoms with Gasteiger partial charge >= 0.3 is 0 Å². The number of hydrogen-bond acceptors (Lipinski definition) is 3. The van der Waals surface area contributed by atoms with Crippen molar-refractivity contribution in [3.8, 4) is 0 Å². The van der Waals surface area contributed by atoms with E-state index in [0.29, 0.717) is 0 Å². The summed E-state index contributed by atoms with van der Waals surface area (Å²) in [5.41, 5.74) is 4.36. The van der Waals surface area contributed by atoms with Gasteiger partial charge in [-0.3, -0.25) is 4.79 Å². The lowest BCUT2D eigenvalue weighted by atomic mass is 10.1. The van der Waals surface area contributed by atoms with E-state index in [1.165, 1.54) is 0 Å². The summed E-state index contributed by atoms with van der Waals surface area (Å²) in [6, 6.07) is 1.59. The molecule has 4 N–H and O–H groups in total. The Morgan fingerprint density at radius 2 is 2.18 bits per heavy atom. The van der Waals surface area contributed by atoms with Crippen LogP contribution in [-0.4, -0.2) is 24.2 Å². The number of amides is 1. The molecule has 0 heterocycles. The SMILES string of the molecule is CC(CO)CNC(=O)c1cc(F)cc(N)c1F. The van der Waals surface area contributed by atoms with Crippen LogP contribution < -0.4 is 11.1 Å². The number of anilines is 1. The molecule has 6 heteroatoms. The predicted molar refractivity (Wildman–Crippen MR) is 59.4 cm³/mol. The van der Waals surface area contributed by atoms with E-state index in [1.54, 1.807) is 6.92 Å². The minimum Gasteiger partial charge on any atom is -0.396 e. The molecule has 17 heavy (non-hydrogen) atoms. The van der Waals surface area contributed by atoms with Crippen molar-refractivity contribution in [2.24, 2.45) is 5.92 Å². The average molecular weight is 244 g/mol. The van der Waals surface area contributed by atoms with Crippen molar-refractivity contribution in [1.82, 2.24) is 5.32 Å². The molecule has 1 unspecified atom stereocenters. The average Bonchev–Trinajstić information content (AvgIpc) is 2.30. The van der Waals surface area contributed by atoms with Crippen LogP contribution in [0.2, 0.25) is 0 Å². The maximum Gasteiger partial charge on any atom is 0.254 e. The van der Waals surface area contributed by atoms with Crippen molar-refractivity contribution < 1.29 is 18.7 Å². The molecule has 94 valence electrons. The van der Waals surface area contributed by atoms with Crippen LogP contribution in [-0.2, 0) is 0 Å². The van der Waals surface area contributed by atoms with E-state index in [4.69, 9.17) is 10.8 Å². The van der Waals surface area contributed by atoms with Gasteiger partial charge in [0.1, 0.15) is 5.82 Å². The van der Waals surface area contributed by atoms with Crippen LogP contribution in [0.25, 0.3) is 0 Å². The molecule has 0 fully saturated rings.